The number of non-ortho nitro benzene ring substituents is 1. The fourth-order valence-electron chi connectivity index (χ4n) is 1.40. The van der Waals surface area contributed by atoms with Crippen molar-refractivity contribution >= 4 is 11.6 Å². The monoisotopic (exact) mass is 268 g/mol. The summed E-state index contributed by atoms with van der Waals surface area (Å²) >= 11 is 0. The highest BCUT2D eigenvalue weighted by atomic mass is 16.6. The van der Waals surface area contributed by atoms with E-state index in [-0.39, 0.29) is 23.6 Å². The first-order valence-electron chi connectivity index (χ1n) is 5.56. The molecule has 1 aromatic rings. The van der Waals surface area contributed by atoms with Crippen LogP contribution in [0.4, 0.5) is 5.69 Å². The molecule has 1 rings (SSSR count). The van der Waals surface area contributed by atoms with E-state index in [4.69, 9.17) is 9.84 Å². The zero-order valence-corrected chi connectivity index (χ0v) is 11.0. The fourth-order valence-corrected chi connectivity index (χ4v) is 1.40. The van der Waals surface area contributed by atoms with Crippen molar-refractivity contribution in [3.8, 4) is 5.75 Å². The third kappa shape index (κ3) is 3.65. The summed E-state index contributed by atoms with van der Waals surface area (Å²) in [6.07, 6.45) is 0. The predicted molar refractivity (Wildman–Crippen MR) is 68.3 cm³/mol. The normalized spacial score (nSPS) is 10.9. The number of carbonyl (C=O) groups excluding carboxylic acids is 1. The minimum atomic E-state index is -0.788. The molecule has 0 aliphatic heterocycles. The van der Waals surface area contributed by atoms with Crippen molar-refractivity contribution < 1.29 is 19.6 Å². The van der Waals surface area contributed by atoms with Crippen LogP contribution < -0.4 is 10.1 Å². The van der Waals surface area contributed by atoms with Gasteiger partial charge in [-0.25, -0.2) is 0 Å². The van der Waals surface area contributed by atoms with Gasteiger partial charge in [-0.3, -0.25) is 14.9 Å². The zero-order valence-electron chi connectivity index (χ0n) is 11.0. The first-order valence-corrected chi connectivity index (χ1v) is 5.56. The van der Waals surface area contributed by atoms with Crippen LogP contribution in [0.15, 0.2) is 18.2 Å². The summed E-state index contributed by atoms with van der Waals surface area (Å²) in [4.78, 5) is 22.1. The standard InChI is InChI=1S/C12H16N2O5/c1-12(2,7-15)13-11(16)9-5-4-8(14(17)18)6-10(9)19-3/h4-6,15H,7H2,1-3H3,(H,13,16). The largest absolute Gasteiger partial charge is 0.496 e. The molecule has 7 nitrogen and oxygen atoms in total. The van der Waals surface area contributed by atoms with Gasteiger partial charge in [0.2, 0.25) is 0 Å². The Balaban J connectivity index is 3.07. The Labute approximate surface area is 110 Å². The van der Waals surface area contributed by atoms with Gasteiger partial charge in [-0.15, -0.1) is 0 Å². The number of nitro benzene ring substituents is 1. The molecule has 104 valence electrons. The lowest BCUT2D eigenvalue weighted by atomic mass is 10.1. The molecule has 2 N–H and O–H groups in total. The molecule has 0 radical (unpaired) electrons. The molecule has 0 saturated carbocycles. The van der Waals surface area contributed by atoms with Crippen molar-refractivity contribution in [3.63, 3.8) is 0 Å². The Morgan fingerprint density at radius 1 is 1.53 bits per heavy atom. The summed E-state index contributed by atoms with van der Waals surface area (Å²) in [7, 11) is 1.33. The Hall–Kier alpha value is -2.15. The number of nitrogens with one attached hydrogen (secondary N) is 1. The Kier molecular flexibility index (Phi) is 4.44. The number of carbonyl (C=O) groups is 1. The van der Waals surface area contributed by atoms with Crippen LogP contribution in [0.3, 0.4) is 0 Å². The minimum absolute atomic E-state index is 0.112. The number of hydrogen-bond donors (Lipinski definition) is 2. The number of amides is 1. The van der Waals surface area contributed by atoms with E-state index >= 15 is 0 Å². The molecule has 7 heteroatoms. The van der Waals surface area contributed by atoms with Gasteiger partial charge in [0, 0.05) is 6.07 Å². The highest BCUT2D eigenvalue weighted by Gasteiger charge is 2.23. The van der Waals surface area contributed by atoms with E-state index in [1.807, 2.05) is 0 Å². The van der Waals surface area contributed by atoms with E-state index in [1.165, 1.54) is 25.3 Å². The second-order valence-electron chi connectivity index (χ2n) is 4.64. The highest BCUT2D eigenvalue weighted by Crippen LogP contribution is 2.24. The molecule has 0 aromatic heterocycles. The average molecular weight is 268 g/mol. The van der Waals surface area contributed by atoms with Crippen LogP contribution in [0, 0.1) is 10.1 Å². The van der Waals surface area contributed by atoms with Crippen LogP contribution in [0.2, 0.25) is 0 Å². The van der Waals surface area contributed by atoms with Gasteiger partial charge < -0.3 is 15.2 Å². The summed E-state index contributed by atoms with van der Waals surface area (Å²) in [6, 6.07) is 3.73. The van der Waals surface area contributed by atoms with Crippen molar-refractivity contribution in [2.45, 2.75) is 19.4 Å². The number of nitrogens with zero attached hydrogens (tertiary/aromatic N) is 1. The number of rotatable bonds is 5. The summed E-state index contributed by atoms with van der Waals surface area (Å²) in [5.74, 6) is -0.355. The zero-order chi connectivity index (χ0) is 14.6. The van der Waals surface area contributed by atoms with Crippen molar-refractivity contribution in [2.24, 2.45) is 0 Å². The van der Waals surface area contributed by atoms with Gasteiger partial charge in [-0.05, 0) is 19.9 Å². The first kappa shape index (κ1) is 14.9. The molecule has 0 bridgehead atoms. The maximum Gasteiger partial charge on any atom is 0.273 e. The van der Waals surface area contributed by atoms with Gasteiger partial charge in [0.15, 0.2) is 0 Å². The fraction of sp³-hybridized carbons (Fsp3) is 0.417. The van der Waals surface area contributed by atoms with E-state index < -0.39 is 16.4 Å². The molecule has 0 aliphatic rings. The van der Waals surface area contributed by atoms with E-state index in [2.05, 4.69) is 5.32 Å². The molecule has 0 aliphatic carbocycles. The third-order valence-electron chi connectivity index (χ3n) is 2.49. The van der Waals surface area contributed by atoms with Gasteiger partial charge in [-0.1, -0.05) is 0 Å². The molecule has 0 fully saturated rings. The van der Waals surface area contributed by atoms with E-state index in [0.29, 0.717) is 0 Å². The molecule has 1 aromatic carbocycles. The van der Waals surface area contributed by atoms with Gasteiger partial charge >= 0.3 is 0 Å². The van der Waals surface area contributed by atoms with Crippen molar-refractivity contribution in [2.75, 3.05) is 13.7 Å². The molecule has 1 amide bonds. The lowest BCUT2D eigenvalue weighted by molar-refractivity contribution is -0.384. The number of nitro groups is 1. The minimum Gasteiger partial charge on any atom is -0.496 e. The number of methoxy groups -OCH3 is 1. The smallest absolute Gasteiger partial charge is 0.273 e. The third-order valence-corrected chi connectivity index (χ3v) is 2.49. The SMILES string of the molecule is COc1cc([N+](=O)[O-])ccc1C(=O)NC(C)(C)CO. The van der Waals surface area contributed by atoms with E-state index in [1.54, 1.807) is 13.8 Å². The second-order valence-corrected chi connectivity index (χ2v) is 4.64. The quantitative estimate of drug-likeness (QED) is 0.615. The molecule has 0 atom stereocenters. The number of ether oxygens (including phenoxy) is 1. The highest BCUT2D eigenvalue weighted by molar-refractivity contribution is 5.97. The van der Waals surface area contributed by atoms with Crippen LogP contribution >= 0.6 is 0 Å². The second kappa shape index (κ2) is 5.66. The lowest BCUT2D eigenvalue weighted by Gasteiger charge is -2.23. The molecule has 0 spiro atoms. The number of benzene rings is 1. The molecule has 0 saturated heterocycles. The summed E-state index contributed by atoms with van der Waals surface area (Å²) in [6.45, 7) is 3.08. The van der Waals surface area contributed by atoms with Crippen LogP contribution in [-0.4, -0.2) is 35.2 Å². The Morgan fingerprint density at radius 3 is 2.63 bits per heavy atom. The predicted octanol–water partition coefficient (Wildman–Crippen LogP) is 1.10. The maximum absolute atomic E-state index is 12.0. The van der Waals surface area contributed by atoms with Crippen molar-refractivity contribution in [1.29, 1.82) is 0 Å². The Morgan fingerprint density at radius 2 is 2.16 bits per heavy atom. The van der Waals surface area contributed by atoms with Crippen molar-refractivity contribution in [1.82, 2.24) is 5.32 Å². The number of hydrogen-bond acceptors (Lipinski definition) is 5. The molecule has 0 unspecified atom stereocenters. The van der Waals surface area contributed by atoms with Gasteiger partial charge in [0.25, 0.3) is 11.6 Å². The van der Waals surface area contributed by atoms with Crippen LogP contribution in [-0.2, 0) is 0 Å². The maximum atomic E-state index is 12.0. The molecule has 0 heterocycles. The van der Waals surface area contributed by atoms with E-state index in [0.717, 1.165) is 0 Å². The average Bonchev–Trinajstić information content (AvgIpc) is 2.37. The summed E-state index contributed by atoms with van der Waals surface area (Å²) < 4.78 is 4.98. The number of aliphatic hydroxyl groups is 1. The van der Waals surface area contributed by atoms with E-state index in [9.17, 15) is 14.9 Å². The summed E-state index contributed by atoms with van der Waals surface area (Å²) in [5.41, 5.74) is -0.770. The van der Waals surface area contributed by atoms with Gasteiger partial charge in [-0.2, -0.15) is 0 Å². The molecular formula is C12H16N2O5. The van der Waals surface area contributed by atoms with Crippen molar-refractivity contribution in [3.05, 3.63) is 33.9 Å². The van der Waals surface area contributed by atoms with Crippen LogP contribution in [0.25, 0.3) is 0 Å². The Bertz CT molecular complexity index is 499. The van der Waals surface area contributed by atoms with Crippen LogP contribution in [0.1, 0.15) is 24.2 Å². The molecule has 19 heavy (non-hydrogen) atoms. The first-order chi connectivity index (χ1) is 8.80. The topological polar surface area (TPSA) is 102 Å². The molecular weight excluding hydrogens is 252 g/mol. The number of aliphatic hydroxyl groups excluding tert-OH is 1. The van der Waals surface area contributed by atoms with Crippen LogP contribution in [0.5, 0.6) is 5.75 Å². The summed E-state index contributed by atoms with van der Waals surface area (Å²) in [5, 5.41) is 22.3. The lowest BCUT2D eigenvalue weighted by Crippen LogP contribution is -2.46. The van der Waals surface area contributed by atoms with Gasteiger partial charge in [0.1, 0.15) is 5.75 Å². The van der Waals surface area contributed by atoms with Gasteiger partial charge in [0.05, 0.1) is 35.8 Å².